The summed E-state index contributed by atoms with van der Waals surface area (Å²) in [5.74, 6) is 0. The van der Waals surface area contributed by atoms with Crippen molar-refractivity contribution < 1.29 is 0 Å². The highest BCUT2D eigenvalue weighted by molar-refractivity contribution is 6.29. The van der Waals surface area contributed by atoms with Gasteiger partial charge in [0.2, 0.25) is 0 Å². The first kappa shape index (κ1) is 29.5. The summed E-state index contributed by atoms with van der Waals surface area (Å²) in [6.07, 6.45) is 0. The molecule has 0 saturated heterocycles. The zero-order valence-electron chi connectivity index (χ0n) is 28.7. The Hall–Kier alpha value is -7.21. The van der Waals surface area contributed by atoms with Crippen LogP contribution in [0.15, 0.2) is 182 Å². The molecule has 0 aliphatic rings. The van der Waals surface area contributed by atoms with Gasteiger partial charge in [0.1, 0.15) is 0 Å². The monoisotopic (exact) mass is 670 g/mol. The number of rotatable bonds is 4. The van der Waals surface area contributed by atoms with E-state index < -0.39 is 0 Å². The van der Waals surface area contributed by atoms with Gasteiger partial charge < -0.3 is 4.57 Å². The van der Waals surface area contributed by atoms with Crippen LogP contribution in [0.2, 0.25) is 0 Å². The van der Waals surface area contributed by atoms with Gasteiger partial charge in [-0.25, -0.2) is 4.85 Å². The standard InChI is InChI=1S/C51H30N2/c1-52-45-29-31-47-51-44(45)27-26-43-37(28-30-46(50(43)51)53(47)35-14-3-2-4-15-35)33-22-24-34(25-23-33)48-39-17-7-9-19-41(39)49(42-20-10-8-18-40(42)48)38-21-11-13-32-12-5-6-16-36(32)38/h2-31H. The number of fused-ring (bicyclic) bond motifs is 3. The Kier molecular flexibility index (Phi) is 6.35. The first-order chi connectivity index (χ1) is 26.3. The molecule has 11 rings (SSSR count). The molecule has 1 heterocycles. The van der Waals surface area contributed by atoms with Crippen LogP contribution in [0.3, 0.4) is 0 Å². The van der Waals surface area contributed by atoms with E-state index in [-0.39, 0.29) is 0 Å². The summed E-state index contributed by atoms with van der Waals surface area (Å²) in [6.45, 7) is 7.90. The first-order valence-corrected chi connectivity index (χ1v) is 18.1. The van der Waals surface area contributed by atoms with E-state index in [1.807, 2.05) is 6.07 Å². The molecule has 0 aliphatic heterocycles. The smallest absolute Gasteiger partial charge is 0.195 e. The normalized spacial score (nSPS) is 11.8. The molecule has 0 unspecified atom stereocenters. The number of aromatic nitrogens is 1. The van der Waals surface area contributed by atoms with E-state index in [9.17, 15) is 0 Å². The van der Waals surface area contributed by atoms with E-state index in [0.29, 0.717) is 5.69 Å². The van der Waals surface area contributed by atoms with Crippen LogP contribution < -0.4 is 0 Å². The summed E-state index contributed by atoms with van der Waals surface area (Å²) in [7, 11) is 0. The van der Waals surface area contributed by atoms with Crippen molar-refractivity contribution in [3.63, 3.8) is 0 Å². The Balaban J connectivity index is 1.12. The summed E-state index contributed by atoms with van der Waals surface area (Å²) in [5.41, 5.74) is 11.4. The summed E-state index contributed by atoms with van der Waals surface area (Å²) in [4.78, 5) is 3.90. The minimum atomic E-state index is 0.687. The molecule has 244 valence electrons. The first-order valence-electron chi connectivity index (χ1n) is 18.1. The highest BCUT2D eigenvalue weighted by atomic mass is 15.0. The average molecular weight is 671 g/mol. The molecule has 0 amide bonds. The molecule has 0 N–H and O–H groups in total. The van der Waals surface area contributed by atoms with Crippen LogP contribution in [-0.4, -0.2) is 4.57 Å². The zero-order valence-corrected chi connectivity index (χ0v) is 28.7. The highest BCUT2D eigenvalue weighted by Gasteiger charge is 2.21. The molecule has 0 bridgehead atoms. The third-order valence-electron chi connectivity index (χ3n) is 11.2. The summed E-state index contributed by atoms with van der Waals surface area (Å²) in [6, 6.07) is 65.7. The third kappa shape index (κ3) is 4.26. The van der Waals surface area contributed by atoms with Gasteiger partial charge in [-0.15, -0.1) is 0 Å². The van der Waals surface area contributed by atoms with Crippen LogP contribution >= 0.6 is 0 Å². The summed E-state index contributed by atoms with van der Waals surface area (Å²) in [5, 5.41) is 12.1. The van der Waals surface area contributed by atoms with Crippen molar-refractivity contribution in [3.8, 4) is 39.1 Å². The molecule has 53 heavy (non-hydrogen) atoms. The maximum absolute atomic E-state index is 7.90. The summed E-state index contributed by atoms with van der Waals surface area (Å²) >= 11 is 0. The van der Waals surface area contributed by atoms with E-state index in [2.05, 4.69) is 185 Å². The fourth-order valence-electron chi connectivity index (χ4n) is 8.94. The number of benzene rings is 10. The second kappa shape index (κ2) is 11.4. The molecule has 0 aliphatic carbocycles. The van der Waals surface area contributed by atoms with Crippen molar-refractivity contribution in [2.24, 2.45) is 0 Å². The maximum Gasteiger partial charge on any atom is 0.195 e. The highest BCUT2D eigenvalue weighted by Crippen LogP contribution is 2.47. The lowest BCUT2D eigenvalue weighted by Gasteiger charge is -2.19. The van der Waals surface area contributed by atoms with E-state index in [1.54, 1.807) is 0 Å². The van der Waals surface area contributed by atoms with Gasteiger partial charge in [-0.3, -0.25) is 0 Å². The molecule has 0 spiro atoms. The van der Waals surface area contributed by atoms with Gasteiger partial charge in [-0.2, -0.15) is 0 Å². The SMILES string of the molecule is [C-]#[N+]c1ccc2c3c1ccc1c(-c4ccc(-c5c6ccccc6c(-c6cccc7ccccc67)c6ccccc56)cc4)ccc(c13)n2-c1ccccc1. The number of hydrogen-bond donors (Lipinski definition) is 0. The Morgan fingerprint density at radius 1 is 0.358 bits per heavy atom. The van der Waals surface area contributed by atoms with Gasteiger partial charge >= 0.3 is 0 Å². The Bertz CT molecular complexity index is 3210. The summed E-state index contributed by atoms with van der Waals surface area (Å²) < 4.78 is 2.34. The molecule has 0 atom stereocenters. The van der Waals surface area contributed by atoms with Crippen molar-refractivity contribution >= 4 is 70.6 Å². The third-order valence-corrected chi connectivity index (χ3v) is 11.2. The molecule has 2 nitrogen and oxygen atoms in total. The number of para-hydroxylation sites is 1. The van der Waals surface area contributed by atoms with Gasteiger partial charge in [-0.1, -0.05) is 158 Å². The van der Waals surface area contributed by atoms with E-state index in [0.717, 1.165) is 27.5 Å². The molecule has 1 aromatic heterocycles. The number of nitrogens with zero attached hydrogens (tertiary/aromatic N) is 2. The van der Waals surface area contributed by atoms with Crippen LogP contribution in [0, 0.1) is 6.57 Å². The second-order valence-corrected chi connectivity index (χ2v) is 13.9. The average Bonchev–Trinajstić information content (AvgIpc) is 3.57. The zero-order chi connectivity index (χ0) is 35.0. The van der Waals surface area contributed by atoms with E-state index in [1.165, 1.54) is 76.5 Å². The van der Waals surface area contributed by atoms with E-state index >= 15 is 0 Å². The Morgan fingerprint density at radius 2 is 0.906 bits per heavy atom. The molecule has 10 aromatic carbocycles. The van der Waals surface area contributed by atoms with Gasteiger partial charge in [0, 0.05) is 16.5 Å². The van der Waals surface area contributed by atoms with Gasteiger partial charge in [0.05, 0.1) is 17.6 Å². The van der Waals surface area contributed by atoms with Crippen LogP contribution in [0.1, 0.15) is 0 Å². The number of hydrogen-bond acceptors (Lipinski definition) is 0. The lowest BCUT2D eigenvalue weighted by Crippen LogP contribution is -1.93. The molecular weight excluding hydrogens is 641 g/mol. The molecular formula is C51H30N2. The Morgan fingerprint density at radius 3 is 1.60 bits per heavy atom. The molecule has 2 heteroatoms. The van der Waals surface area contributed by atoms with Crippen LogP contribution in [-0.2, 0) is 0 Å². The molecule has 0 radical (unpaired) electrons. The molecule has 11 aromatic rings. The topological polar surface area (TPSA) is 9.29 Å². The fraction of sp³-hybridized carbons (Fsp3) is 0. The quantitative estimate of drug-likeness (QED) is 0.100. The van der Waals surface area contributed by atoms with E-state index in [4.69, 9.17) is 6.57 Å². The lowest BCUT2D eigenvalue weighted by atomic mass is 9.84. The van der Waals surface area contributed by atoms with Crippen molar-refractivity contribution in [3.05, 3.63) is 193 Å². The van der Waals surface area contributed by atoms with Crippen LogP contribution in [0.4, 0.5) is 5.69 Å². The molecule has 0 fully saturated rings. The minimum Gasteiger partial charge on any atom is -0.309 e. The minimum absolute atomic E-state index is 0.687. The fourth-order valence-corrected chi connectivity index (χ4v) is 8.94. The van der Waals surface area contributed by atoms with Crippen molar-refractivity contribution in [2.45, 2.75) is 0 Å². The van der Waals surface area contributed by atoms with Gasteiger partial charge in [-0.05, 0) is 101 Å². The predicted molar refractivity (Wildman–Crippen MR) is 225 cm³/mol. The van der Waals surface area contributed by atoms with Crippen LogP contribution in [0.5, 0.6) is 0 Å². The van der Waals surface area contributed by atoms with Crippen molar-refractivity contribution in [2.75, 3.05) is 0 Å². The predicted octanol–water partition coefficient (Wildman–Crippen LogP) is 14.4. The molecule has 0 saturated carbocycles. The maximum atomic E-state index is 7.90. The largest absolute Gasteiger partial charge is 0.309 e. The second-order valence-electron chi connectivity index (χ2n) is 13.9. The van der Waals surface area contributed by atoms with Crippen LogP contribution in [0.25, 0.3) is 109 Å². The van der Waals surface area contributed by atoms with Crippen molar-refractivity contribution in [1.82, 2.24) is 4.57 Å². The van der Waals surface area contributed by atoms with Gasteiger partial charge in [0.25, 0.3) is 0 Å². The lowest BCUT2D eigenvalue weighted by molar-refractivity contribution is 1.18. The van der Waals surface area contributed by atoms with Gasteiger partial charge in [0.15, 0.2) is 5.69 Å². The van der Waals surface area contributed by atoms with Crippen molar-refractivity contribution in [1.29, 1.82) is 0 Å². The Labute approximate surface area is 306 Å².